The Kier molecular flexibility index (Phi) is 3.53. The number of hydrogen-bond donors (Lipinski definition) is 0. The zero-order valence-electron chi connectivity index (χ0n) is 10.8. The maximum absolute atomic E-state index is 4.07. The summed E-state index contributed by atoms with van der Waals surface area (Å²) in [7, 11) is 0. The SMILES string of the molecule is C(#Cc1ncccn1)c1ccc(-c2ccccc2)cc1. The summed E-state index contributed by atoms with van der Waals surface area (Å²) in [6.07, 6.45) is 3.38. The first-order valence-corrected chi connectivity index (χ1v) is 6.36. The number of rotatable bonds is 1. The third-order valence-corrected chi connectivity index (χ3v) is 2.88. The van der Waals surface area contributed by atoms with Gasteiger partial charge < -0.3 is 0 Å². The van der Waals surface area contributed by atoms with Crippen LogP contribution in [0.1, 0.15) is 11.4 Å². The van der Waals surface area contributed by atoms with E-state index in [9.17, 15) is 0 Å². The van der Waals surface area contributed by atoms with E-state index in [0.29, 0.717) is 5.82 Å². The lowest BCUT2D eigenvalue weighted by Crippen LogP contribution is -1.85. The highest BCUT2D eigenvalue weighted by Gasteiger charge is 1.95. The first kappa shape index (κ1) is 12.1. The summed E-state index contributed by atoms with van der Waals surface area (Å²) in [6, 6.07) is 20.2. The molecule has 0 fully saturated rings. The Morgan fingerprint density at radius 3 is 1.95 bits per heavy atom. The average molecular weight is 256 g/mol. The van der Waals surface area contributed by atoms with Crippen LogP contribution >= 0.6 is 0 Å². The molecule has 0 radical (unpaired) electrons. The monoisotopic (exact) mass is 256 g/mol. The number of aromatic nitrogens is 2. The van der Waals surface area contributed by atoms with Gasteiger partial charge in [-0.15, -0.1) is 0 Å². The fraction of sp³-hybridized carbons (Fsp3) is 0. The van der Waals surface area contributed by atoms with Crippen molar-refractivity contribution in [2.24, 2.45) is 0 Å². The van der Waals surface area contributed by atoms with E-state index in [1.807, 2.05) is 30.3 Å². The molecule has 0 aliphatic carbocycles. The Morgan fingerprint density at radius 1 is 0.600 bits per heavy atom. The van der Waals surface area contributed by atoms with E-state index in [0.717, 1.165) is 5.56 Å². The first-order chi connectivity index (χ1) is 9.92. The summed E-state index contributed by atoms with van der Waals surface area (Å²) in [5, 5.41) is 0. The van der Waals surface area contributed by atoms with Crippen molar-refractivity contribution in [3.05, 3.63) is 84.4 Å². The van der Waals surface area contributed by atoms with Crippen molar-refractivity contribution in [2.45, 2.75) is 0 Å². The summed E-state index contributed by atoms with van der Waals surface area (Å²) in [5.41, 5.74) is 3.35. The molecule has 0 amide bonds. The molecule has 1 aromatic heterocycles. The molecule has 0 saturated carbocycles. The van der Waals surface area contributed by atoms with Crippen molar-refractivity contribution >= 4 is 0 Å². The molecule has 20 heavy (non-hydrogen) atoms. The molecule has 3 aromatic rings. The quantitative estimate of drug-likeness (QED) is 0.622. The van der Waals surface area contributed by atoms with E-state index in [1.54, 1.807) is 18.5 Å². The summed E-state index contributed by atoms with van der Waals surface area (Å²) >= 11 is 0. The Hall–Kier alpha value is -2.92. The smallest absolute Gasteiger partial charge is 0.205 e. The second-order valence-electron chi connectivity index (χ2n) is 4.27. The molecule has 0 N–H and O–H groups in total. The number of benzene rings is 2. The summed E-state index contributed by atoms with van der Waals surface area (Å²) in [6.45, 7) is 0. The third-order valence-electron chi connectivity index (χ3n) is 2.88. The average Bonchev–Trinajstić information content (AvgIpc) is 2.55. The van der Waals surface area contributed by atoms with Gasteiger partial charge in [-0.25, -0.2) is 9.97 Å². The fourth-order valence-electron chi connectivity index (χ4n) is 1.87. The van der Waals surface area contributed by atoms with Crippen LogP contribution in [-0.4, -0.2) is 9.97 Å². The second-order valence-corrected chi connectivity index (χ2v) is 4.27. The zero-order chi connectivity index (χ0) is 13.6. The molecular formula is C18H12N2. The van der Waals surface area contributed by atoms with Crippen LogP contribution in [0.15, 0.2) is 73.1 Å². The van der Waals surface area contributed by atoms with E-state index >= 15 is 0 Å². The molecule has 1 heterocycles. The van der Waals surface area contributed by atoms with Gasteiger partial charge in [-0.1, -0.05) is 48.4 Å². The summed E-state index contributed by atoms with van der Waals surface area (Å²) < 4.78 is 0. The van der Waals surface area contributed by atoms with Gasteiger partial charge in [0.25, 0.3) is 0 Å². The van der Waals surface area contributed by atoms with Gasteiger partial charge in [0.05, 0.1) is 0 Å². The van der Waals surface area contributed by atoms with Crippen LogP contribution < -0.4 is 0 Å². The maximum Gasteiger partial charge on any atom is 0.205 e. The van der Waals surface area contributed by atoms with Gasteiger partial charge in [0, 0.05) is 18.0 Å². The normalized spacial score (nSPS) is 9.60. The van der Waals surface area contributed by atoms with Gasteiger partial charge >= 0.3 is 0 Å². The van der Waals surface area contributed by atoms with Gasteiger partial charge in [0.15, 0.2) is 0 Å². The molecular weight excluding hydrogens is 244 g/mol. The van der Waals surface area contributed by atoms with Crippen LogP contribution in [0.5, 0.6) is 0 Å². The molecule has 0 atom stereocenters. The molecule has 3 rings (SSSR count). The Labute approximate surface area is 118 Å². The van der Waals surface area contributed by atoms with Crippen LogP contribution in [0, 0.1) is 11.8 Å². The molecule has 0 aliphatic heterocycles. The van der Waals surface area contributed by atoms with Crippen molar-refractivity contribution in [2.75, 3.05) is 0 Å². The molecule has 94 valence electrons. The van der Waals surface area contributed by atoms with Crippen LogP contribution in [0.2, 0.25) is 0 Å². The minimum Gasteiger partial charge on any atom is -0.229 e. The minimum absolute atomic E-state index is 0.541. The highest BCUT2D eigenvalue weighted by atomic mass is 14.8. The van der Waals surface area contributed by atoms with Gasteiger partial charge in [0.2, 0.25) is 5.82 Å². The molecule has 0 saturated heterocycles. The topological polar surface area (TPSA) is 25.8 Å². The standard InChI is InChI=1S/C18H12N2/c1-2-5-16(6-3-1)17-10-7-15(8-11-17)9-12-18-19-13-4-14-20-18/h1-8,10-11,13-14H. The Bertz CT molecular complexity index is 736. The molecule has 2 aromatic carbocycles. The van der Waals surface area contributed by atoms with Gasteiger partial charge in [0.1, 0.15) is 0 Å². The van der Waals surface area contributed by atoms with Crippen LogP contribution in [0.4, 0.5) is 0 Å². The van der Waals surface area contributed by atoms with E-state index in [-0.39, 0.29) is 0 Å². The van der Waals surface area contributed by atoms with Crippen molar-refractivity contribution in [1.82, 2.24) is 9.97 Å². The lowest BCUT2D eigenvalue weighted by molar-refractivity contribution is 1.13. The minimum atomic E-state index is 0.541. The second kappa shape index (κ2) is 5.81. The lowest BCUT2D eigenvalue weighted by atomic mass is 10.0. The predicted molar refractivity (Wildman–Crippen MR) is 79.9 cm³/mol. The van der Waals surface area contributed by atoms with Crippen LogP contribution in [-0.2, 0) is 0 Å². The Balaban J connectivity index is 1.83. The maximum atomic E-state index is 4.07. The summed E-state index contributed by atoms with van der Waals surface area (Å²) in [5.74, 6) is 6.55. The lowest BCUT2D eigenvalue weighted by Gasteiger charge is -2.00. The summed E-state index contributed by atoms with van der Waals surface area (Å²) in [4.78, 5) is 8.15. The van der Waals surface area contributed by atoms with Crippen molar-refractivity contribution in [3.63, 3.8) is 0 Å². The van der Waals surface area contributed by atoms with Crippen molar-refractivity contribution in [1.29, 1.82) is 0 Å². The Morgan fingerprint density at radius 2 is 1.25 bits per heavy atom. The van der Waals surface area contributed by atoms with Crippen molar-refractivity contribution in [3.8, 4) is 23.0 Å². The van der Waals surface area contributed by atoms with Gasteiger partial charge in [-0.2, -0.15) is 0 Å². The van der Waals surface area contributed by atoms with E-state index in [2.05, 4.69) is 46.1 Å². The first-order valence-electron chi connectivity index (χ1n) is 6.36. The van der Waals surface area contributed by atoms with Gasteiger partial charge in [-0.05, 0) is 35.2 Å². The number of nitrogens with zero attached hydrogens (tertiary/aromatic N) is 2. The molecule has 0 bridgehead atoms. The number of hydrogen-bond acceptors (Lipinski definition) is 2. The highest BCUT2D eigenvalue weighted by Crippen LogP contribution is 2.18. The van der Waals surface area contributed by atoms with Crippen LogP contribution in [0.3, 0.4) is 0 Å². The van der Waals surface area contributed by atoms with E-state index < -0.39 is 0 Å². The van der Waals surface area contributed by atoms with E-state index in [1.165, 1.54) is 11.1 Å². The molecule has 0 spiro atoms. The van der Waals surface area contributed by atoms with Crippen molar-refractivity contribution < 1.29 is 0 Å². The van der Waals surface area contributed by atoms with E-state index in [4.69, 9.17) is 0 Å². The van der Waals surface area contributed by atoms with Gasteiger partial charge in [-0.3, -0.25) is 0 Å². The highest BCUT2D eigenvalue weighted by molar-refractivity contribution is 5.64. The third kappa shape index (κ3) is 2.90. The molecule has 2 nitrogen and oxygen atoms in total. The molecule has 0 aliphatic rings. The van der Waals surface area contributed by atoms with Crippen LogP contribution in [0.25, 0.3) is 11.1 Å². The zero-order valence-corrected chi connectivity index (χ0v) is 10.8. The molecule has 2 heteroatoms. The predicted octanol–water partition coefficient (Wildman–Crippen LogP) is 3.54. The molecule has 0 unspecified atom stereocenters. The largest absolute Gasteiger partial charge is 0.229 e. The fourth-order valence-corrected chi connectivity index (χ4v) is 1.87.